The zero-order valence-electron chi connectivity index (χ0n) is 17.2. The molecule has 0 unspecified atom stereocenters. The molecule has 0 saturated carbocycles. The van der Waals surface area contributed by atoms with Gasteiger partial charge in [0.05, 0.1) is 5.56 Å². The molecule has 0 aliphatic heterocycles. The molecule has 7 nitrogen and oxygen atoms in total. The van der Waals surface area contributed by atoms with E-state index < -0.39 is 40.7 Å². The molecule has 34 heavy (non-hydrogen) atoms. The molecule has 2 aromatic carbocycles. The minimum absolute atomic E-state index is 0.0353. The van der Waals surface area contributed by atoms with Crippen molar-refractivity contribution in [1.82, 2.24) is 14.8 Å². The van der Waals surface area contributed by atoms with Crippen molar-refractivity contribution in [3.05, 3.63) is 88.2 Å². The molecular weight excluding hydrogens is 463 g/mol. The van der Waals surface area contributed by atoms with Crippen molar-refractivity contribution < 1.29 is 31.2 Å². The van der Waals surface area contributed by atoms with E-state index in [9.17, 15) is 31.5 Å². The minimum atomic E-state index is -4.80. The molecule has 2 aromatic heterocycles. The van der Waals surface area contributed by atoms with Crippen LogP contribution in [-0.2, 0) is 13.2 Å². The van der Waals surface area contributed by atoms with Crippen LogP contribution in [0.1, 0.15) is 16.1 Å². The van der Waals surface area contributed by atoms with Crippen molar-refractivity contribution >= 4 is 11.6 Å². The minimum Gasteiger partial charge on any atom is -0.388 e. The number of aryl methyl sites for hydroxylation is 1. The first kappa shape index (κ1) is 22.8. The van der Waals surface area contributed by atoms with Crippen LogP contribution in [0.5, 0.6) is 0 Å². The molecule has 12 heteroatoms. The van der Waals surface area contributed by atoms with Gasteiger partial charge in [-0.05, 0) is 35.9 Å². The summed E-state index contributed by atoms with van der Waals surface area (Å²) in [4.78, 5) is 27.2. The fourth-order valence-electron chi connectivity index (χ4n) is 3.13. The summed E-state index contributed by atoms with van der Waals surface area (Å²) in [5.41, 5.74) is -2.14. The van der Waals surface area contributed by atoms with Crippen LogP contribution in [-0.4, -0.2) is 20.7 Å². The number of rotatable bonds is 4. The van der Waals surface area contributed by atoms with E-state index in [2.05, 4.69) is 15.4 Å². The first-order valence-electron chi connectivity index (χ1n) is 9.52. The van der Waals surface area contributed by atoms with E-state index in [1.165, 1.54) is 31.3 Å². The van der Waals surface area contributed by atoms with E-state index in [1.54, 1.807) is 0 Å². The van der Waals surface area contributed by atoms with Crippen molar-refractivity contribution in [2.75, 3.05) is 5.32 Å². The van der Waals surface area contributed by atoms with Crippen LogP contribution in [0.25, 0.3) is 22.6 Å². The van der Waals surface area contributed by atoms with E-state index in [4.69, 9.17) is 4.42 Å². The number of halogens is 5. The lowest BCUT2D eigenvalue weighted by atomic mass is 10.0. The van der Waals surface area contributed by atoms with Gasteiger partial charge < -0.3 is 9.73 Å². The van der Waals surface area contributed by atoms with Crippen LogP contribution in [0.4, 0.5) is 27.6 Å². The highest BCUT2D eigenvalue weighted by molar-refractivity contribution is 6.04. The van der Waals surface area contributed by atoms with Crippen molar-refractivity contribution in [2.45, 2.75) is 6.18 Å². The lowest BCUT2D eigenvalue weighted by molar-refractivity contribution is -0.140. The highest BCUT2D eigenvalue weighted by atomic mass is 19.4. The average molecular weight is 476 g/mol. The number of carbonyl (C=O) groups is 1. The Morgan fingerprint density at radius 2 is 1.68 bits per heavy atom. The lowest BCUT2D eigenvalue weighted by Gasteiger charge is -2.13. The summed E-state index contributed by atoms with van der Waals surface area (Å²) in [5.74, 6) is -4.21. The third-order valence-electron chi connectivity index (χ3n) is 4.74. The molecule has 4 aromatic rings. The van der Waals surface area contributed by atoms with E-state index in [1.807, 2.05) is 0 Å². The van der Waals surface area contributed by atoms with Crippen LogP contribution < -0.4 is 11.1 Å². The van der Waals surface area contributed by atoms with Gasteiger partial charge in [-0.15, -0.1) is 5.10 Å². The van der Waals surface area contributed by atoms with Gasteiger partial charge >= 0.3 is 11.9 Å². The predicted octanol–water partition coefficient (Wildman–Crippen LogP) is 4.65. The number of alkyl halides is 3. The molecule has 0 radical (unpaired) electrons. The number of benzene rings is 2. The molecule has 0 saturated heterocycles. The summed E-state index contributed by atoms with van der Waals surface area (Å²) in [6, 6.07) is 9.11. The number of anilines is 1. The topological polar surface area (TPSA) is 90.0 Å². The molecule has 1 amide bonds. The summed E-state index contributed by atoms with van der Waals surface area (Å²) >= 11 is 0. The number of nitrogens with zero attached hydrogens (tertiary/aromatic N) is 3. The summed E-state index contributed by atoms with van der Waals surface area (Å²) in [6.07, 6.45) is -3.91. The standard InChI is InChI=1S/C22H13F5N4O3/c1-31-21(33)34-20(30-31)12-9-14(18(28-10-12)22(25,26)27)11-5-7-13(8-6-11)29-19(32)17-15(23)3-2-4-16(17)24/h2-10H,1H3,(H,29,32). The van der Waals surface area contributed by atoms with Crippen LogP contribution in [0.3, 0.4) is 0 Å². The van der Waals surface area contributed by atoms with E-state index >= 15 is 0 Å². The van der Waals surface area contributed by atoms with Gasteiger partial charge in [0.2, 0.25) is 0 Å². The van der Waals surface area contributed by atoms with Crippen molar-refractivity contribution in [3.8, 4) is 22.6 Å². The maximum atomic E-state index is 13.8. The van der Waals surface area contributed by atoms with Gasteiger partial charge in [0.15, 0.2) is 5.69 Å². The molecule has 0 aliphatic carbocycles. The highest BCUT2D eigenvalue weighted by Gasteiger charge is 2.36. The predicted molar refractivity (Wildman–Crippen MR) is 110 cm³/mol. The Balaban J connectivity index is 1.69. The Morgan fingerprint density at radius 1 is 1.03 bits per heavy atom. The fourth-order valence-corrected chi connectivity index (χ4v) is 3.13. The van der Waals surface area contributed by atoms with E-state index in [0.29, 0.717) is 0 Å². The molecule has 1 N–H and O–H groups in total. The number of hydrogen-bond acceptors (Lipinski definition) is 5. The molecule has 0 atom stereocenters. The summed E-state index contributed by atoms with van der Waals surface area (Å²) < 4.78 is 74.1. The maximum Gasteiger partial charge on any atom is 0.437 e. The van der Waals surface area contributed by atoms with Crippen LogP contribution in [0.15, 0.2) is 63.9 Å². The number of pyridine rings is 1. The first-order valence-corrected chi connectivity index (χ1v) is 9.52. The molecule has 0 fully saturated rings. The Bertz CT molecular complexity index is 1420. The van der Waals surface area contributed by atoms with Gasteiger partial charge in [-0.2, -0.15) is 17.9 Å². The van der Waals surface area contributed by atoms with Gasteiger partial charge in [0.25, 0.3) is 11.8 Å². The number of nitrogens with one attached hydrogen (secondary N) is 1. The van der Waals surface area contributed by atoms with Crippen molar-refractivity contribution in [3.63, 3.8) is 0 Å². The Morgan fingerprint density at radius 3 is 2.24 bits per heavy atom. The average Bonchev–Trinajstić information content (AvgIpc) is 3.11. The summed E-state index contributed by atoms with van der Waals surface area (Å²) in [7, 11) is 1.31. The number of amides is 1. The Labute approximate surface area is 187 Å². The van der Waals surface area contributed by atoms with Crippen LogP contribution >= 0.6 is 0 Å². The second-order valence-corrected chi connectivity index (χ2v) is 7.04. The molecule has 2 heterocycles. The lowest BCUT2D eigenvalue weighted by Crippen LogP contribution is -2.15. The van der Waals surface area contributed by atoms with Crippen LogP contribution in [0.2, 0.25) is 0 Å². The monoisotopic (exact) mass is 476 g/mol. The second-order valence-electron chi connectivity index (χ2n) is 7.04. The quantitative estimate of drug-likeness (QED) is 0.433. The summed E-state index contributed by atoms with van der Waals surface area (Å²) in [6.45, 7) is 0. The molecule has 174 valence electrons. The van der Waals surface area contributed by atoms with Gasteiger partial charge in [-0.3, -0.25) is 9.78 Å². The molecule has 4 rings (SSSR count). The second kappa shape index (κ2) is 8.54. The third kappa shape index (κ3) is 4.42. The normalized spacial score (nSPS) is 11.5. The van der Waals surface area contributed by atoms with E-state index in [0.717, 1.165) is 35.1 Å². The molecular formula is C22H13F5N4O3. The van der Waals surface area contributed by atoms with Gasteiger partial charge in [0.1, 0.15) is 17.2 Å². The zero-order chi connectivity index (χ0) is 24.6. The first-order chi connectivity index (χ1) is 16.0. The number of hydrogen-bond donors (Lipinski definition) is 1. The Hall–Kier alpha value is -4.35. The number of carbonyl (C=O) groups excluding carboxylic acids is 1. The van der Waals surface area contributed by atoms with E-state index in [-0.39, 0.29) is 28.3 Å². The SMILES string of the molecule is Cn1nc(-c2cnc(C(F)(F)F)c(-c3ccc(NC(=O)c4c(F)cccc4F)cc3)c2)oc1=O. The Kier molecular flexibility index (Phi) is 5.73. The van der Waals surface area contributed by atoms with Crippen LogP contribution in [0, 0.1) is 11.6 Å². The third-order valence-corrected chi connectivity index (χ3v) is 4.74. The maximum absolute atomic E-state index is 13.8. The van der Waals surface area contributed by atoms with Gasteiger partial charge in [-0.25, -0.2) is 13.6 Å². The van der Waals surface area contributed by atoms with Crippen molar-refractivity contribution in [1.29, 1.82) is 0 Å². The van der Waals surface area contributed by atoms with Crippen molar-refractivity contribution in [2.24, 2.45) is 7.05 Å². The number of aromatic nitrogens is 3. The van der Waals surface area contributed by atoms with Gasteiger partial charge in [0, 0.05) is 24.5 Å². The van der Waals surface area contributed by atoms with Gasteiger partial charge in [-0.1, -0.05) is 18.2 Å². The molecule has 0 bridgehead atoms. The smallest absolute Gasteiger partial charge is 0.388 e. The molecule has 0 spiro atoms. The largest absolute Gasteiger partial charge is 0.437 e. The fraction of sp³-hybridized carbons (Fsp3) is 0.0909. The molecule has 0 aliphatic rings. The zero-order valence-corrected chi connectivity index (χ0v) is 17.2. The summed E-state index contributed by atoms with van der Waals surface area (Å²) in [5, 5.41) is 6.09. The highest BCUT2D eigenvalue weighted by Crippen LogP contribution is 2.37.